The Bertz CT molecular complexity index is 3310. The highest BCUT2D eigenvalue weighted by atomic mass is 32.1. The van der Waals surface area contributed by atoms with Crippen LogP contribution < -0.4 is 26.2 Å². The van der Waals surface area contributed by atoms with Gasteiger partial charge in [0.25, 0.3) is 6.71 Å². The standard InChI is InChI=1S/C64H73BN2S/c1-58(2,3)38-30-53-57-54(31-38)67(40-20-22-42-41-18-16-17-19-55(41)68-56(42)33-40)52-37-48-46(62(10,11)27-29-64(48,14)15)35-50(52)65(57)49-34-45-47(63(12,13)28-26-61(45,8)9)36-51(49)66(53)39-21-23-43-44(32-39)60(6,7)25-24-59(43,4)5/h16-23,30-37H,24-29H2,1-15H3. The van der Waals surface area contributed by atoms with Crippen LogP contribution in [0.15, 0.2) is 97.1 Å². The van der Waals surface area contributed by atoms with Gasteiger partial charge in [0, 0.05) is 54.3 Å². The van der Waals surface area contributed by atoms with E-state index in [0.717, 1.165) is 0 Å². The lowest BCUT2D eigenvalue weighted by Gasteiger charge is -2.49. The van der Waals surface area contributed by atoms with Gasteiger partial charge in [-0.3, -0.25) is 0 Å². The van der Waals surface area contributed by atoms with Crippen LogP contribution in [-0.2, 0) is 37.9 Å². The van der Waals surface area contributed by atoms with Crippen LogP contribution in [0, 0.1) is 0 Å². The molecule has 7 aromatic rings. The fourth-order valence-electron chi connectivity index (χ4n) is 13.7. The number of rotatable bonds is 2. The van der Waals surface area contributed by atoms with Gasteiger partial charge < -0.3 is 9.80 Å². The molecule has 0 bridgehead atoms. The maximum absolute atomic E-state index is 2.75. The minimum atomic E-state index is -0.0973. The average molecular weight is 913 g/mol. The van der Waals surface area contributed by atoms with Gasteiger partial charge in [-0.2, -0.15) is 0 Å². The summed E-state index contributed by atoms with van der Waals surface area (Å²) in [5.41, 5.74) is 23.1. The fraction of sp³-hybridized carbons (Fsp3) is 0.438. The Morgan fingerprint density at radius 1 is 0.412 bits per heavy atom. The van der Waals surface area contributed by atoms with Gasteiger partial charge >= 0.3 is 0 Å². The highest BCUT2D eigenvalue weighted by molar-refractivity contribution is 7.25. The molecule has 0 radical (unpaired) electrons. The van der Waals surface area contributed by atoms with E-state index >= 15 is 0 Å². The van der Waals surface area contributed by atoms with E-state index < -0.39 is 0 Å². The summed E-state index contributed by atoms with van der Waals surface area (Å²) in [7, 11) is 0. The lowest BCUT2D eigenvalue weighted by atomic mass is 9.32. The second-order valence-corrected chi connectivity index (χ2v) is 28.1. The number of anilines is 6. The van der Waals surface area contributed by atoms with Crippen LogP contribution in [0.2, 0.25) is 0 Å². The van der Waals surface area contributed by atoms with E-state index in [0.29, 0.717) is 0 Å². The molecule has 0 saturated heterocycles. The lowest BCUT2D eigenvalue weighted by Crippen LogP contribution is -2.62. The first-order valence-corrected chi connectivity index (χ1v) is 26.8. The maximum atomic E-state index is 2.75. The van der Waals surface area contributed by atoms with Crippen molar-refractivity contribution in [3.63, 3.8) is 0 Å². The van der Waals surface area contributed by atoms with E-state index in [4.69, 9.17) is 0 Å². The first kappa shape index (κ1) is 44.4. The average Bonchev–Trinajstić information content (AvgIpc) is 3.65. The number of benzene rings is 6. The molecule has 3 aliphatic carbocycles. The van der Waals surface area contributed by atoms with E-state index in [-0.39, 0.29) is 44.6 Å². The highest BCUT2D eigenvalue weighted by Crippen LogP contribution is 2.55. The van der Waals surface area contributed by atoms with Gasteiger partial charge in [0.05, 0.1) is 0 Å². The molecule has 68 heavy (non-hydrogen) atoms. The van der Waals surface area contributed by atoms with E-state index in [2.05, 4.69) is 211 Å². The van der Waals surface area contributed by atoms with Crippen LogP contribution in [0.5, 0.6) is 0 Å². The highest BCUT2D eigenvalue weighted by Gasteiger charge is 2.49. The quantitative estimate of drug-likeness (QED) is 0.159. The molecule has 12 rings (SSSR count). The number of fused-ring (bicyclic) bond motifs is 10. The van der Waals surface area contributed by atoms with Crippen molar-refractivity contribution in [2.75, 3.05) is 9.80 Å². The third kappa shape index (κ3) is 6.33. The van der Waals surface area contributed by atoms with Crippen LogP contribution in [0.1, 0.15) is 181 Å². The molecule has 3 heterocycles. The van der Waals surface area contributed by atoms with Crippen molar-refractivity contribution in [1.29, 1.82) is 0 Å². The first-order chi connectivity index (χ1) is 31.8. The largest absolute Gasteiger partial charge is 0.311 e. The number of hydrogen-bond acceptors (Lipinski definition) is 3. The van der Waals surface area contributed by atoms with E-state index in [1.807, 2.05) is 11.3 Å². The van der Waals surface area contributed by atoms with E-state index in [1.54, 1.807) is 0 Å². The Labute approximate surface area is 412 Å². The molecule has 0 spiro atoms. The Kier molecular flexibility index (Phi) is 9.12. The summed E-state index contributed by atoms with van der Waals surface area (Å²) >= 11 is 1.93. The summed E-state index contributed by atoms with van der Waals surface area (Å²) in [5.74, 6) is 0. The van der Waals surface area contributed by atoms with Gasteiger partial charge in [0.1, 0.15) is 0 Å². The second kappa shape index (κ2) is 14.0. The third-order valence-electron chi connectivity index (χ3n) is 18.6. The van der Waals surface area contributed by atoms with E-state index in [1.165, 1.54) is 148 Å². The molecule has 5 aliphatic rings. The van der Waals surface area contributed by atoms with E-state index in [9.17, 15) is 0 Å². The molecule has 1 aromatic heterocycles. The van der Waals surface area contributed by atoms with Crippen molar-refractivity contribution in [2.24, 2.45) is 0 Å². The van der Waals surface area contributed by atoms with Gasteiger partial charge in [-0.15, -0.1) is 11.3 Å². The van der Waals surface area contributed by atoms with Crippen LogP contribution in [0.3, 0.4) is 0 Å². The zero-order valence-electron chi connectivity index (χ0n) is 43.9. The molecule has 4 heteroatoms. The Morgan fingerprint density at radius 2 is 0.824 bits per heavy atom. The SMILES string of the molecule is CC(C)(C)c1cc2c3c(c1)N(c1ccc4c(c1)sc1ccccc14)c1cc4c(cc1B3c1cc3c(cc1N2c1ccc2c(c1)C(C)(C)CCC2(C)C)C(C)(C)CCC3(C)C)C(C)(C)CCC4(C)C. The summed E-state index contributed by atoms with van der Waals surface area (Å²) in [6.45, 7) is 37.2. The molecule has 2 nitrogen and oxygen atoms in total. The lowest BCUT2D eigenvalue weighted by molar-refractivity contribution is 0.332. The van der Waals surface area contributed by atoms with Gasteiger partial charge in [-0.1, -0.05) is 146 Å². The summed E-state index contributed by atoms with van der Waals surface area (Å²) in [6, 6.07) is 40.0. The predicted molar refractivity (Wildman–Crippen MR) is 298 cm³/mol. The van der Waals surface area contributed by atoms with Crippen LogP contribution in [0.25, 0.3) is 20.2 Å². The molecule has 2 aliphatic heterocycles. The van der Waals surface area contributed by atoms with Gasteiger partial charge in [0.2, 0.25) is 0 Å². The molecule has 0 N–H and O–H groups in total. The Morgan fingerprint density at radius 3 is 1.32 bits per heavy atom. The summed E-state index contributed by atoms with van der Waals surface area (Å²) in [4.78, 5) is 5.47. The number of nitrogens with zero attached hydrogens (tertiary/aromatic N) is 2. The molecular formula is C64H73BN2S. The van der Waals surface area contributed by atoms with Crippen molar-refractivity contribution < 1.29 is 0 Å². The van der Waals surface area contributed by atoms with Crippen LogP contribution in [-0.4, -0.2) is 6.71 Å². The van der Waals surface area contributed by atoms with Gasteiger partial charge in [0.15, 0.2) is 0 Å². The predicted octanol–water partition coefficient (Wildman–Crippen LogP) is 16.5. The smallest absolute Gasteiger partial charge is 0.252 e. The maximum Gasteiger partial charge on any atom is 0.252 e. The number of thiophene rings is 1. The second-order valence-electron chi connectivity index (χ2n) is 27.0. The molecule has 0 atom stereocenters. The molecule has 0 fully saturated rings. The summed E-state index contributed by atoms with van der Waals surface area (Å²) < 4.78 is 2.69. The molecular weight excluding hydrogens is 840 g/mol. The zero-order valence-corrected chi connectivity index (χ0v) is 44.7. The Hall–Kier alpha value is -4.80. The molecule has 348 valence electrons. The van der Waals surface area contributed by atoms with Crippen molar-refractivity contribution in [3.8, 4) is 0 Å². The fourth-order valence-corrected chi connectivity index (χ4v) is 14.8. The van der Waals surface area contributed by atoms with Crippen LogP contribution >= 0.6 is 11.3 Å². The minimum absolute atomic E-state index is 0.0599. The zero-order chi connectivity index (χ0) is 48.0. The Balaban J connectivity index is 1.23. The molecule has 0 saturated carbocycles. The minimum Gasteiger partial charge on any atom is -0.311 e. The van der Waals surface area contributed by atoms with Crippen LogP contribution in [0.4, 0.5) is 34.1 Å². The first-order valence-electron chi connectivity index (χ1n) is 26.0. The topological polar surface area (TPSA) is 6.48 Å². The van der Waals surface area contributed by atoms with Gasteiger partial charge in [-0.05, 0) is 186 Å². The van der Waals surface area contributed by atoms with Crippen molar-refractivity contribution >= 4 is 88.7 Å². The van der Waals surface area contributed by atoms with Crippen molar-refractivity contribution in [3.05, 3.63) is 136 Å². The van der Waals surface area contributed by atoms with Crippen molar-refractivity contribution in [1.82, 2.24) is 0 Å². The molecule has 0 amide bonds. The third-order valence-corrected chi connectivity index (χ3v) is 19.7. The normalized spacial score (nSPS) is 20.8. The van der Waals surface area contributed by atoms with Crippen molar-refractivity contribution in [2.45, 2.75) is 180 Å². The molecule has 0 unspecified atom stereocenters. The van der Waals surface area contributed by atoms with Gasteiger partial charge in [-0.25, -0.2) is 0 Å². The molecule has 6 aromatic carbocycles. The monoisotopic (exact) mass is 913 g/mol. The number of hydrogen-bond donors (Lipinski definition) is 0. The summed E-state index contributed by atoms with van der Waals surface area (Å²) in [6.07, 6.45) is 7.14. The summed E-state index contributed by atoms with van der Waals surface area (Å²) in [5, 5.41) is 2.69.